The molecule has 0 aliphatic heterocycles. The molecule has 0 saturated heterocycles. The second-order valence-electron chi connectivity index (χ2n) is 3.85. The molecular weight excluding hydrogens is 248 g/mol. The van der Waals surface area contributed by atoms with Crippen LogP contribution >= 0.6 is 11.3 Å². The van der Waals surface area contributed by atoms with Crippen molar-refractivity contribution in [2.75, 3.05) is 10.7 Å². The number of nitrogen functional groups attached to an aromatic ring is 1. The fourth-order valence-corrected chi connectivity index (χ4v) is 2.34. The Kier molecular flexibility index (Phi) is 4.06. The molecule has 2 heterocycles. The van der Waals surface area contributed by atoms with E-state index < -0.39 is 0 Å². The molecule has 1 unspecified atom stereocenters. The number of anilines is 2. The van der Waals surface area contributed by atoms with Gasteiger partial charge in [0.2, 0.25) is 5.95 Å². The first-order chi connectivity index (χ1) is 8.74. The summed E-state index contributed by atoms with van der Waals surface area (Å²) in [6.07, 6.45) is 4.48. The van der Waals surface area contributed by atoms with Crippen molar-refractivity contribution < 1.29 is 0 Å². The van der Waals surface area contributed by atoms with E-state index in [9.17, 15) is 0 Å². The number of hydrazine groups is 1. The molecule has 0 aliphatic carbocycles. The lowest BCUT2D eigenvalue weighted by atomic mass is 10.2. The van der Waals surface area contributed by atoms with Gasteiger partial charge in [0.15, 0.2) is 0 Å². The summed E-state index contributed by atoms with van der Waals surface area (Å²) in [4.78, 5) is 12.7. The van der Waals surface area contributed by atoms with Crippen LogP contribution in [-0.4, -0.2) is 15.0 Å². The zero-order valence-electron chi connectivity index (χ0n) is 10.3. The van der Waals surface area contributed by atoms with Gasteiger partial charge in [-0.3, -0.25) is 5.43 Å². The minimum atomic E-state index is 0.157. The van der Waals surface area contributed by atoms with Crippen molar-refractivity contribution in [3.05, 3.63) is 28.3 Å². The SMILES string of the molecule is CCC(Nc1nc(NN)ncc1C)c1nccs1. The average Bonchev–Trinajstić information content (AvgIpc) is 2.91. The van der Waals surface area contributed by atoms with Crippen molar-refractivity contribution in [3.63, 3.8) is 0 Å². The van der Waals surface area contributed by atoms with Crippen molar-refractivity contribution in [2.45, 2.75) is 26.3 Å². The van der Waals surface area contributed by atoms with E-state index in [1.807, 2.05) is 18.5 Å². The standard InChI is InChI=1S/C11H16N6S/c1-3-8(10-13-4-5-18-10)15-9-7(2)6-14-11(16-9)17-12/h4-6,8H,3,12H2,1-2H3,(H2,14,15,16,17). The molecule has 18 heavy (non-hydrogen) atoms. The van der Waals surface area contributed by atoms with Crippen molar-refractivity contribution >= 4 is 23.1 Å². The molecule has 0 spiro atoms. The van der Waals surface area contributed by atoms with Crippen LogP contribution < -0.4 is 16.6 Å². The first kappa shape index (κ1) is 12.7. The molecule has 7 heteroatoms. The highest BCUT2D eigenvalue weighted by molar-refractivity contribution is 7.09. The molecule has 0 fully saturated rings. The lowest BCUT2D eigenvalue weighted by Gasteiger charge is -2.16. The van der Waals surface area contributed by atoms with Gasteiger partial charge in [-0.25, -0.2) is 15.8 Å². The van der Waals surface area contributed by atoms with Crippen LogP contribution in [0.1, 0.15) is 30.0 Å². The van der Waals surface area contributed by atoms with Crippen LogP contribution in [0.2, 0.25) is 0 Å². The molecular formula is C11H16N6S. The lowest BCUT2D eigenvalue weighted by molar-refractivity contribution is 0.735. The van der Waals surface area contributed by atoms with Gasteiger partial charge in [-0.1, -0.05) is 6.92 Å². The maximum atomic E-state index is 5.31. The number of nitrogens with zero attached hydrogens (tertiary/aromatic N) is 3. The van der Waals surface area contributed by atoms with E-state index in [2.05, 4.69) is 32.6 Å². The zero-order valence-corrected chi connectivity index (χ0v) is 11.2. The van der Waals surface area contributed by atoms with Gasteiger partial charge >= 0.3 is 0 Å². The maximum absolute atomic E-state index is 5.31. The molecule has 0 aromatic carbocycles. The molecule has 0 radical (unpaired) electrons. The number of nitrogens with one attached hydrogen (secondary N) is 2. The minimum absolute atomic E-state index is 0.157. The number of aromatic nitrogens is 3. The van der Waals surface area contributed by atoms with E-state index in [4.69, 9.17) is 5.84 Å². The fourth-order valence-electron chi connectivity index (χ4n) is 1.57. The molecule has 0 aliphatic rings. The van der Waals surface area contributed by atoms with E-state index >= 15 is 0 Å². The number of nitrogens with two attached hydrogens (primary N) is 1. The number of hydrogen-bond acceptors (Lipinski definition) is 7. The topological polar surface area (TPSA) is 88.8 Å². The first-order valence-corrected chi connectivity index (χ1v) is 6.58. The van der Waals surface area contributed by atoms with Crippen LogP contribution in [0.3, 0.4) is 0 Å². The molecule has 6 nitrogen and oxygen atoms in total. The molecule has 2 aromatic rings. The van der Waals surface area contributed by atoms with Gasteiger partial charge < -0.3 is 5.32 Å². The molecule has 0 amide bonds. The predicted octanol–water partition coefficient (Wildman–Crippen LogP) is 2.09. The van der Waals surface area contributed by atoms with E-state index in [0.717, 1.165) is 22.8 Å². The fraction of sp³-hybridized carbons (Fsp3) is 0.364. The zero-order chi connectivity index (χ0) is 13.0. The summed E-state index contributed by atoms with van der Waals surface area (Å²) in [5.41, 5.74) is 3.42. The lowest BCUT2D eigenvalue weighted by Crippen LogP contribution is -2.15. The van der Waals surface area contributed by atoms with Gasteiger partial charge in [-0.15, -0.1) is 11.3 Å². The largest absolute Gasteiger partial charge is 0.360 e. The average molecular weight is 264 g/mol. The van der Waals surface area contributed by atoms with Crippen molar-refractivity contribution in [3.8, 4) is 0 Å². The second kappa shape index (κ2) is 5.74. The normalized spacial score (nSPS) is 12.2. The number of hydrogen-bond donors (Lipinski definition) is 3. The van der Waals surface area contributed by atoms with Crippen LogP contribution in [0.5, 0.6) is 0 Å². The van der Waals surface area contributed by atoms with Gasteiger partial charge in [-0.2, -0.15) is 4.98 Å². The summed E-state index contributed by atoms with van der Waals surface area (Å²) >= 11 is 1.63. The Balaban J connectivity index is 2.21. The molecule has 0 saturated carbocycles. The summed E-state index contributed by atoms with van der Waals surface area (Å²) in [5, 5.41) is 6.40. The Hall–Kier alpha value is -1.73. The van der Waals surface area contributed by atoms with E-state index in [0.29, 0.717) is 5.95 Å². The number of rotatable bonds is 5. The highest BCUT2D eigenvalue weighted by Crippen LogP contribution is 2.24. The monoisotopic (exact) mass is 264 g/mol. The van der Waals surface area contributed by atoms with Crippen LogP contribution in [0.25, 0.3) is 0 Å². The molecule has 2 aromatic heterocycles. The summed E-state index contributed by atoms with van der Waals surface area (Å²) in [7, 11) is 0. The van der Waals surface area contributed by atoms with E-state index in [1.165, 1.54) is 0 Å². The quantitative estimate of drug-likeness (QED) is 0.566. The highest BCUT2D eigenvalue weighted by atomic mass is 32.1. The third-order valence-corrected chi connectivity index (χ3v) is 3.46. The minimum Gasteiger partial charge on any atom is -0.360 e. The Morgan fingerprint density at radius 1 is 1.44 bits per heavy atom. The molecule has 1 atom stereocenters. The Bertz CT molecular complexity index is 498. The van der Waals surface area contributed by atoms with Crippen LogP contribution in [0, 0.1) is 6.92 Å². The second-order valence-corrected chi connectivity index (χ2v) is 4.77. The van der Waals surface area contributed by atoms with Crippen LogP contribution in [-0.2, 0) is 0 Å². The highest BCUT2D eigenvalue weighted by Gasteiger charge is 2.14. The number of thiazole rings is 1. The summed E-state index contributed by atoms with van der Waals surface area (Å²) < 4.78 is 0. The van der Waals surface area contributed by atoms with E-state index in [1.54, 1.807) is 17.5 Å². The summed E-state index contributed by atoms with van der Waals surface area (Å²) in [5.74, 6) is 6.49. The summed E-state index contributed by atoms with van der Waals surface area (Å²) in [6, 6.07) is 0.157. The molecule has 96 valence electrons. The predicted molar refractivity (Wildman–Crippen MR) is 73.3 cm³/mol. The third kappa shape index (κ3) is 2.74. The van der Waals surface area contributed by atoms with Crippen LogP contribution in [0.4, 0.5) is 11.8 Å². The third-order valence-electron chi connectivity index (χ3n) is 2.57. The first-order valence-electron chi connectivity index (χ1n) is 5.70. The van der Waals surface area contributed by atoms with Crippen molar-refractivity contribution in [1.82, 2.24) is 15.0 Å². The Morgan fingerprint density at radius 3 is 2.89 bits per heavy atom. The van der Waals surface area contributed by atoms with Gasteiger partial charge in [0.05, 0.1) is 6.04 Å². The van der Waals surface area contributed by atoms with Gasteiger partial charge in [0, 0.05) is 23.3 Å². The molecule has 0 bridgehead atoms. The number of aryl methyl sites for hydroxylation is 1. The van der Waals surface area contributed by atoms with E-state index in [-0.39, 0.29) is 6.04 Å². The summed E-state index contributed by atoms with van der Waals surface area (Å²) in [6.45, 7) is 4.06. The Morgan fingerprint density at radius 2 is 2.28 bits per heavy atom. The smallest absolute Gasteiger partial charge is 0.239 e. The van der Waals surface area contributed by atoms with Gasteiger partial charge in [0.1, 0.15) is 10.8 Å². The van der Waals surface area contributed by atoms with Gasteiger partial charge in [-0.05, 0) is 13.3 Å². The van der Waals surface area contributed by atoms with Crippen molar-refractivity contribution in [2.24, 2.45) is 5.84 Å². The van der Waals surface area contributed by atoms with Crippen molar-refractivity contribution in [1.29, 1.82) is 0 Å². The van der Waals surface area contributed by atoms with Gasteiger partial charge in [0.25, 0.3) is 0 Å². The molecule has 2 rings (SSSR count). The molecule has 4 N–H and O–H groups in total. The Labute approximate surface area is 110 Å². The van der Waals surface area contributed by atoms with Crippen LogP contribution in [0.15, 0.2) is 17.8 Å². The maximum Gasteiger partial charge on any atom is 0.239 e.